The van der Waals surface area contributed by atoms with Gasteiger partial charge in [0, 0.05) is 17.0 Å². The second-order valence-electron chi connectivity index (χ2n) is 7.51. The van der Waals surface area contributed by atoms with Crippen LogP contribution in [0.2, 0.25) is 5.02 Å². The van der Waals surface area contributed by atoms with E-state index in [1.165, 1.54) is 4.90 Å². The van der Waals surface area contributed by atoms with Crippen LogP contribution in [0.5, 0.6) is 0 Å². The average Bonchev–Trinajstić information content (AvgIpc) is 3.24. The molecular formula is C22H20ClN3O3. The van der Waals surface area contributed by atoms with E-state index in [1.54, 1.807) is 24.3 Å². The fraction of sp³-hybridized carbons (Fsp3) is 0.318. The SMILES string of the molecule is CC(c1nn(C2CCCCO2)c2ccc(Cl)cc12)N1C(=O)c2ccccc2C1=O. The van der Waals surface area contributed by atoms with Gasteiger partial charge in [-0.05, 0) is 56.5 Å². The van der Waals surface area contributed by atoms with Gasteiger partial charge >= 0.3 is 0 Å². The van der Waals surface area contributed by atoms with Gasteiger partial charge in [-0.15, -0.1) is 0 Å². The van der Waals surface area contributed by atoms with Crippen molar-refractivity contribution in [3.05, 3.63) is 64.3 Å². The minimum absolute atomic E-state index is 0.157. The van der Waals surface area contributed by atoms with Gasteiger partial charge in [0.2, 0.25) is 0 Å². The number of hydrogen-bond acceptors (Lipinski definition) is 4. The molecule has 3 heterocycles. The summed E-state index contributed by atoms with van der Waals surface area (Å²) in [5.41, 5.74) is 2.40. The quantitative estimate of drug-likeness (QED) is 0.586. The molecule has 29 heavy (non-hydrogen) atoms. The second-order valence-corrected chi connectivity index (χ2v) is 7.95. The Hall–Kier alpha value is -2.70. The first-order valence-corrected chi connectivity index (χ1v) is 10.2. The maximum Gasteiger partial charge on any atom is 0.262 e. The van der Waals surface area contributed by atoms with Crippen molar-refractivity contribution < 1.29 is 14.3 Å². The predicted octanol–water partition coefficient (Wildman–Crippen LogP) is 4.75. The molecule has 1 saturated heterocycles. The third kappa shape index (κ3) is 2.86. The third-order valence-electron chi connectivity index (χ3n) is 5.73. The monoisotopic (exact) mass is 409 g/mol. The molecule has 0 radical (unpaired) electrons. The van der Waals surface area contributed by atoms with Crippen LogP contribution in [0.1, 0.15) is 64.9 Å². The van der Waals surface area contributed by atoms with Crippen molar-refractivity contribution in [1.29, 1.82) is 0 Å². The Morgan fingerprint density at radius 2 is 1.83 bits per heavy atom. The molecule has 6 nitrogen and oxygen atoms in total. The van der Waals surface area contributed by atoms with Crippen LogP contribution in [0.4, 0.5) is 0 Å². The standard InChI is InChI=1S/C22H20ClN3O3/c1-13(25-21(27)15-6-2-3-7-16(15)22(25)28)20-17-12-14(23)9-10-18(17)26(24-20)19-8-4-5-11-29-19/h2-3,6-7,9-10,12-13,19H,4-5,8,11H2,1H3. The van der Waals surface area contributed by atoms with Gasteiger partial charge in [-0.1, -0.05) is 23.7 Å². The maximum absolute atomic E-state index is 13.0. The van der Waals surface area contributed by atoms with Crippen molar-refractivity contribution in [2.45, 2.75) is 38.5 Å². The normalized spacial score (nSPS) is 20.3. The largest absolute Gasteiger partial charge is 0.356 e. The van der Waals surface area contributed by atoms with Gasteiger partial charge in [-0.3, -0.25) is 14.5 Å². The number of rotatable bonds is 3. The first-order chi connectivity index (χ1) is 14.1. The molecule has 2 amide bonds. The number of aromatic nitrogens is 2. The van der Waals surface area contributed by atoms with Gasteiger partial charge < -0.3 is 4.74 Å². The number of carbonyl (C=O) groups excluding carboxylic acids is 2. The lowest BCUT2D eigenvalue weighted by molar-refractivity contribution is -0.0370. The Morgan fingerprint density at radius 3 is 2.48 bits per heavy atom. The minimum atomic E-state index is -0.534. The van der Waals surface area contributed by atoms with E-state index < -0.39 is 6.04 Å². The maximum atomic E-state index is 13.0. The average molecular weight is 410 g/mol. The predicted molar refractivity (Wildman–Crippen MR) is 109 cm³/mol. The second kappa shape index (κ2) is 6.97. The molecule has 5 rings (SSSR count). The number of carbonyl (C=O) groups is 2. The van der Waals surface area contributed by atoms with Crippen molar-refractivity contribution in [1.82, 2.24) is 14.7 Å². The van der Waals surface area contributed by atoms with Gasteiger partial charge in [0.25, 0.3) is 11.8 Å². The lowest BCUT2D eigenvalue weighted by Gasteiger charge is -2.24. The Balaban J connectivity index is 1.61. The Kier molecular flexibility index (Phi) is 4.41. The van der Waals surface area contributed by atoms with Crippen LogP contribution in [-0.4, -0.2) is 33.1 Å². The molecule has 2 atom stereocenters. The van der Waals surface area contributed by atoms with E-state index >= 15 is 0 Å². The van der Waals surface area contributed by atoms with Gasteiger partial charge in [-0.2, -0.15) is 5.10 Å². The number of imide groups is 1. The summed E-state index contributed by atoms with van der Waals surface area (Å²) >= 11 is 6.26. The highest BCUT2D eigenvalue weighted by Gasteiger charge is 2.40. The Labute approximate surface area is 173 Å². The first-order valence-electron chi connectivity index (χ1n) is 9.82. The van der Waals surface area contributed by atoms with Gasteiger partial charge in [0.05, 0.1) is 28.4 Å². The van der Waals surface area contributed by atoms with E-state index in [-0.39, 0.29) is 18.0 Å². The van der Waals surface area contributed by atoms with Crippen molar-refractivity contribution >= 4 is 34.3 Å². The Morgan fingerprint density at radius 1 is 1.10 bits per heavy atom. The van der Waals surface area contributed by atoms with E-state index in [9.17, 15) is 9.59 Å². The molecule has 2 unspecified atom stereocenters. The van der Waals surface area contributed by atoms with Crippen LogP contribution in [0.3, 0.4) is 0 Å². The van der Waals surface area contributed by atoms with Crippen molar-refractivity contribution in [3.63, 3.8) is 0 Å². The lowest BCUT2D eigenvalue weighted by atomic mass is 10.1. The lowest BCUT2D eigenvalue weighted by Crippen LogP contribution is -2.33. The van der Waals surface area contributed by atoms with Crippen LogP contribution in [0, 0.1) is 0 Å². The summed E-state index contributed by atoms with van der Waals surface area (Å²) in [5, 5.41) is 6.23. The molecule has 2 aliphatic rings. The molecule has 0 N–H and O–H groups in total. The number of amides is 2. The van der Waals surface area contributed by atoms with Crippen molar-refractivity contribution in [2.24, 2.45) is 0 Å². The van der Waals surface area contributed by atoms with Crippen LogP contribution < -0.4 is 0 Å². The molecule has 0 spiro atoms. The summed E-state index contributed by atoms with van der Waals surface area (Å²) in [6, 6.07) is 12.0. The summed E-state index contributed by atoms with van der Waals surface area (Å²) in [6.07, 6.45) is 2.83. The highest BCUT2D eigenvalue weighted by Crippen LogP contribution is 2.36. The highest BCUT2D eigenvalue weighted by atomic mass is 35.5. The molecule has 1 fully saturated rings. The summed E-state index contributed by atoms with van der Waals surface area (Å²) < 4.78 is 7.80. The highest BCUT2D eigenvalue weighted by molar-refractivity contribution is 6.31. The molecule has 0 saturated carbocycles. The van der Waals surface area contributed by atoms with Gasteiger partial charge in [0.1, 0.15) is 0 Å². The van der Waals surface area contributed by atoms with E-state index in [2.05, 4.69) is 0 Å². The van der Waals surface area contributed by atoms with E-state index in [0.717, 1.165) is 30.2 Å². The molecule has 1 aromatic heterocycles. The molecule has 148 valence electrons. The number of ether oxygens (including phenoxy) is 1. The topological polar surface area (TPSA) is 64.4 Å². The van der Waals surface area contributed by atoms with Crippen molar-refractivity contribution in [2.75, 3.05) is 6.61 Å². The molecule has 3 aromatic rings. The van der Waals surface area contributed by atoms with Crippen LogP contribution in [0.15, 0.2) is 42.5 Å². The van der Waals surface area contributed by atoms with Gasteiger partial charge in [0.15, 0.2) is 6.23 Å². The number of nitrogens with zero attached hydrogens (tertiary/aromatic N) is 3. The number of benzene rings is 2. The van der Waals surface area contributed by atoms with E-state index in [4.69, 9.17) is 21.4 Å². The molecule has 0 aliphatic carbocycles. The summed E-state index contributed by atoms with van der Waals surface area (Å²) in [5.74, 6) is -0.589. The zero-order chi connectivity index (χ0) is 20.1. The molecule has 2 aliphatic heterocycles. The van der Waals surface area contributed by atoms with Gasteiger partial charge in [-0.25, -0.2) is 4.68 Å². The molecule has 0 bridgehead atoms. The number of hydrogen-bond donors (Lipinski definition) is 0. The first kappa shape index (κ1) is 18.3. The summed E-state index contributed by atoms with van der Waals surface area (Å²) in [7, 11) is 0. The summed E-state index contributed by atoms with van der Waals surface area (Å²) in [4.78, 5) is 27.2. The van der Waals surface area contributed by atoms with E-state index in [1.807, 2.05) is 29.8 Å². The van der Waals surface area contributed by atoms with Crippen LogP contribution in [0.25, 0.3) is 10.9 Å². The van der Waals surface area contributed by atoms with Crippen molar-refractivity contribution in [3.8, 4) is 0 Å². The Bertz CT molecular complexity index is 1100. The number of halogens is 1. The smallest absolute Gasteiger partial charge is 0.262 e. The summed E-state index contributed by atoms with van der Waals surface area (Å²) in [6.45, 7) is 2.53. The van der Waals surface area contributed by atoms with Crippen LogP contribution in [-0.2, 0) is 4.74 Å². The fourth-order valence-electron chi connectivity index (χ4n) is 4.26. The fourth-order valence-corrected chi connectivity index (χ4v) is 4.44. The van der Waals surface area contributed by atoms with E-state index in [0.29, 0.717) is 28.5 Å². The molecule has 2 aromatic carbocycles. The number of fused-ring (bicyclic) bond motifs is 2. The van der Waals surface area contributed by atoms with Crippen LogP contribution >= 0.6 is 11.6 Å². The zero-order valence-corrected chi connectivity index (χ0v) is 16.7. The third-order valence-corrected chi connectivity index (χ3v) is 5.97. The molecule has 7 heteroatoms. The minimum Gasteiger partial charge on any atom is -0.356 e. The molecular weight excluding hydrogens is 390 g/mol. The zero-order valence-electron chi connectivity index (χ0n) is 16.0.